The third-order valence-electron chi connectivity index (χ3n) is 6.30. The number of aromatic nitrogens is 1. The van der Waals surface area contributed by atoms with E-state index in [2.05, 4.69) is 21.3 Å². The van der Waals surface area contributed by atoms with E-state index in [1.165, 1.54) is 0 Å². The summed E-state index contributed by atoms with van der Waals surface area (Å²) in [5.74, 6) is -2.08. The maximum atomic E-state index is 13.8. The summed E-state index contributed by atoms with van der Waals surface area (Å²) in [4.78, 5) is 21.2. The molecule has 1 amide bonds. The first-order valence-corrected chi connectivity index (χ1v) is 10.3. The quantitative estimate of drug-likeness (QED) is 0.834. The fraction of sp³-hybridized carbons (Fsp3) is 0.500. The summed E-state index contributed by atoms with van der Waals surface area (Å²) in [7, 11) is 2.04. The number of piperidine rings is 1. The molecule has 0 aliphatic carbocycles. The highest BCUT2D eigenvalue weighted by Crippen LogP contribution is 2.36. The SMILES string of the molecule is CN1CCC(NC(=O)[C@@H]2CN(c3ccc(C#N)c4ncccc34)C[C@H]2C(F)F)CC1. The smallest absolute Gasteiger partial charge is 0.243 e. The summed E-state index contributed by atoms with van der Waals surface area (Å²) in [5.41, 5.74) is 1.72. The number of fused-ring (bicyclic) bond motifs is 1. The van der Waals surface area contributed by atoms with Crippen LogP contribution in [0.3, 0.4) is 0 Å². The summed E-state index contributed by atoms with van der Waals surface area (Å²) in [5, 5.41) is 13.1. The van der Waals surface area contributed by atoms with E-state index in [1.807, 2.05) is 18.0 Å². The van der Waals surface area contributed by atoms with Crippen molar-refractivity contribution in [3.63, 3.8) is 0 Å². The number of hydrogen-bond acceptors (Lipinski definition) is 5. The molecule has 6 nitrogen and oxygen atoms in total. The number of halogens is 2. The lowest BCUT2D eigenvalue weighted by atomic mass is 9.94. The summed E-state index contributed by atoms with van der Waals surface area (Å²) >= 11 is 0. The van der Waals surface area contributed by atoms with E-state index in [0.29, 0.717) is 11.1 Å². The van der Waals surface area contributed by atoms with Crippen LogP contribution in [-0.4, -0.2) is 61.5 Å². The van der Waals surface area contributed by atoms with E-state index < -0.39 is 18.3 Å². The van der Waals surface area contributed by atoms with Gasteiger partial charge in [0.25, 0.3) is 0 Å². The molecule has 2 atom stereocenters. The van der Waals surface area contributed by atoms with E-state index in [0.717, 1.165) is 37.0 Å². The number of pyridine rings is 1. The summed E-state index contributed by atoms with van der Waals surface area (Å²) in [6.07, 6.45) is 0.705. The van der Waals surface area contributed by atoms with Gasteiger partial charge in [0.15, 0.2) is 0 Å². The third-order valence-corrected chi connectivity index (χ3v) is 6.30. The summed E-state index contributed by atoms with van der Waals surface area (Å²) < 4.78 is 27.7. The topological polar surface area (TPSA) is 72.3 Å². The molecular weight excluding hydrogens is 388 g/mol. The first-order valence-electron chi connectivity index (χ1n) is 10.3. The average molecular weight is 413 g/mol. The largest absolute Gasteiger partial charge is 0.370 e. The van der Waals surface area contributed by atoms with E-state index in [-0.39, 0.29) is 25.0 Å². The fourth-order valence-corrected chi connectivity index (χ4v) is 4.54. The second-order valence-electron chi connectivity index (χ2n) is 8.24. The molecule has 0 spiro atoms. The van der Waals surface area contributed by atoms with Gasteiger partial charge in [-0.25, -0.2) is 8.78 Å². The summed E-state index contributed by atoms with van der Waals surface area (Å²) in [6.45, 7) is 2.11. The van der Waals surface area contributed by atoms with Crippen LogP contribution in [-0.2, 0) is 4.79 Å². The first-order chi connectivity index (χ1) is 14.5. The van der Waals surface area contributed by atoms with Crippen molar-refractivity contribution in [1.29, 1.82) is 5.26 Å². The van der Waals surface area contributed by atoms with Gasteiger partial charge < -0.3 is 15.1 Å². The number of likely N-dealkylation sites (tertiary alicyclic amines) is 1. The third kappa shape index (κ3) is 3.94. The van der Waals surface area contributed by atoms with Crippen molar-refractivity contribution in [3.8, 4) is 6.07 Å². The van der Waals surface area contributed by atoms with Crippen molar-refractivity contribution in [2.24, 2.45) is 11.8 Å². The molecule has 2 saturated heterocycles. The number of nitriles is 1. The van der Waals surface area contributed by atoms with Crippen LogP contribution in [0.1, 0.15) is 18.4 Å². The molecule has 1 N–H and O–H groups in total. The highest BCUT2D eigenvalue weighted by molar-refractivity contribution is 5.95. The summed E-state index contributed by atoms with van der Waals surface area (Å²) in [6, 6.07) is 9.19. The van der Waals surface area contributed by atoms with Gasteiger partial charge in [0, 0.05) is 36.4 Å². The van der Waals surface area contributed by atoms with E-state index in [1.54, 1.807) is 24.4 Å². The van der Waals surface area contributed by atoms with Crippen molar-refractivity contribution in [2.75, 3.05) is 38.1 Å². The Labute approximate surface area is 174 Å². The van der Waals surface area contributed by atoms with Gasteiger partial charge in [-0.3, -0.25) is 9.78 Å². The molecule has 8 heteroatoms. The molecule has 30 heavy (non-hydrogen) atoms. The van der Waals surface area contributed by atoms with Crippen LogP contribution in [0.25, 0.3) is 10.9 Å². The molecule has 1 aromatic heterocycles. The second-order valence-corrected chi connectivity index (χ2v) is 8.24. The number of nitrogens with one attached hydrogen (secondary N) is 1. The monoisotopic (exact) mass is 413 g/mol. The first kappa shape index (κ1) is 20.5. The molecule has 4 rings (SSSR count). The van der Waals surface area contributed by atoms with E-state index >= 15 is 0 Å². The van der Waals surface area contributed by atoms with Crippen molar-refractivity contribution in [1.82, 2.24) is 15.2 Å². The number of rotatable bonds is 4. The van der Waals surface area contributed by atoms with Gasteiger partial charge in [-0.2, -0.15) is 5.26 Å². The van der Waals surface area contributed by atoms with Crippen molar-refractivity contribution in [3.05, 3.63) is 36.0 Å². The number of anilines is 1. The van der Waals surface area contributed by atoms with Crippen molar-refractivity contribution < 1.29 is 13.6 Å². The minimum Gasteiger partial charge on any atom is -0.370 e. The van der Waals surface area contributed by atoms with Crippen LogP contribution in [0.2, 0.25) is 0 Å². The number of benzene rings is 1. The lowest BCUT2D eigenvalue weighted by Crippen LogP contribution is -2.47. The fourth-order valence-electron chi connectivity index (χ4n) is 4.54. The molecule has 0 radical (unpaired) electrons. The Morgan fingerprint density at radius 3 is 2.73 bits per heavy atom. The molecule has 0 saturated carbocycles. The van der Waals surface area contributed by atoms with Gasteiger partial charge in [-0.1, -0.05) is 0 Å². The Hall–Kier alpha value is -2.79. The van der Waals surface area contributed by atoms with Crippen molar-refractivity contribution in [2.45, 2.75) is 25.3 Å². The van der Waals surface area contributed by atoms with Gasteiger partial charge in [0.1, 0.15) is 6.07 Å². The molecule has 0 bridgehead atoms. The lowest BCUT2D eigenvalue weighted by Gasteiger charge is -2.30. The van der Waals surface area contributed by atoms with Crippen LogP contribution in [0.4, 0.5) is 14.5 Å². The maximum absolute atomic E-state index is 13.8. The predicted octanol–water partition coefficient (Wildman–Crippen LogP) is 2.63. The number of hydrogen-bond donors (Lipinski definition) is 1. The molecule has 2 aliphatic heterocycles. The zero-order valence-corrected chi connectivity index (χ0v) is 16.9. The lowest BCUT2D eigenvalue weighted by molar-refractivity contribution is -0.128. The molecule has 1 aromatic carbocycles. The van der Waals surface area contributed by atoms with Crippen LogP contribution >= 0.6 is 0 Å². The van der Waals surface area contributed by atoms with Crippen LogP contribution < -0.4 is 10.2 Å². The number of carbonyl (C=O) groups is 1. The minimum absolute atomic E-state index is 0.0426. The molecule has 3 heterocycles. The zero-order valence-electron chi connectivity index (χ0n) is 16.9. The number of alkyl halides is 2. The molecule has 2 fully saturated rings. The maximum Gasteiger partial charge on any atom is 0.243 e. The molecular formula is C22H25F2N5O. The molecule has 2 aliphatic rings. The Bertz CT molecular complexity index is 968. The highest BCUT2D eigenvalue weighted by atomic mass is 19.3. The number of amides is 1. The molecule has 0 unspecified atom stereocenters. The van der Waals surface area contributed by atoms with Gasteiger partial charge in [-0.05, 0) is 57.2 Å². The number of nitrogens with zero attached hydrogens (tertiary/aromatic N) is 4. The second kappa shape index (κ2) is 8.52. The predicted molar refractivity (Wildman–Crippen MR) is 110 cm³/mol. The minimum atomic E-state index is -2.58. The number of carbonyl (C=O) groups excluding carboxylic acids is 1. The van der Waals surface area contributed by atoms with Crippen LogP contribution in [0.5, 0.6) is 0 Å². The Morgan fingerprint density at radius 1 is 1.27 bits per heavy atom. The van der Waals surface area contributed by atoms with Gasteiger partial charge in [0.05, 0.1) is 22.9 Å². The molecule has 158 valence electrons. The molecule has 2 aromatic rings. The van der Waals surface area contributed by atoms with Crippen LogP contribution in [0, 0.1) is 23.2 Å². The van der Waals surface area contributed by atoms with Gasteiger partial charge >= 0.3 is 0 Å². The Morgan fingerprint density at radius 2 is 2.03 bits per heavy atom. The van der Waals surface area contributed by atoms with E-state index in [4.69, 9.17) is 0 Å². The average Bonchev–Trinajstić information content (AvgIpc) is 3.20. The Kier molecular flexibility index (Phi) is 5.82. The van der Waals surface area contributed by atoms with Gasteiger partial charge in [-0.15, -0.1) is 0 Å². The van der Waals surface area contributed by atoms with E-state index in [9.17, 15) is 18.8 Å². The normalized spacial score (nSPS) is 23.1. The standard InChI is InChI=1S/C22H25F2N5O/c1-28-9-6-15(7-10-28)27-22(30)18-13-29(12-17(18)21(23)24)19-5-4-14(11-25)20-16(19)3-2-8-26-20/h2-5,8,15,17-18,21H,6-7,9-10,12-13H2,1H3,(H,27,30)/t17-,18-/m1/s1. The van der Waals surface area contributed by atoms with Crippen molar-refractivity contribution >= 4 is 22.5 Å². The zero-order chi connectivity index (χ0) is 21.3. The highest BCUT2D eigenvalue weighted by Gasteiger charge is 2.43. The Balaban J connectivity index is 1.57. The van der Waals surface area contributed by atoms with Gasteiger partial charge in [0.2, 0.25) is 12.3 Å². The van der Waals surface area contributed by atoms with Crippen LogP contribution in [0.15, 0.2) is 30.5 Å².